The number of fused-ring (bicyclic) bond motifs is 6. The third-order valence-electron chi connectivity index (χ3n) is 9.79. The van der Waals surface area contributed by atoms with Crippen molar-refractivity contribution >= 4 is 43.6 Å². The quantitative estimate of drug-likeness (QED) is 0.177. The van der Waals surface area contributed by atoms with E-state index in [0.717, 1.165) is 50.1 Å². The van der Waals surface area contributed by atoms with Gasteiger partial charge in [-0.1, -0.05) is 139 Å². The molecule has 10 rings (SSSR count). The molecule has 0 radical (unpaired) electrons. The molecule has 0 bridgehead atoms. The maximum atomic E-state index is 8.50. The number of para-hydroxylation sites is 2. The van der Waals surface area contributed by atoms with E-state index >= 15 is 0 Å². The van der Waals surface area contributed by atoms with E-state index < -0.39 is 6.04 Å². The molecule has 2 heteroatoms. The zero-order valence-electron chi connectivity index (χ0n) is 32.0. The van der Waals surface area contributed by atoms with Gasteiger partial charge in [0.15, 0.2) is 0 Å². The highest BCUT2D eigenvalue weighted by molar-refractivity contribution is 6.19. The Bertz CT molecular complexity index is 3110. The molecule has 0 saturated carbocycles. The van der Waals surface area contributed by atoms with Crippen LogP contribution in [-0.4, -0.2) is 9.13 Å². The maximum Gasteiger partial charge on any atom is 0.0629 e. The monoisotopic (exact) mass is 641 g/mol. The van der Waals surface area contributed by atoms with Crippen LogP contribution in [0.15, 0.2) is 194 Å². The smallest absolute Gasteiger partial charge is 0.0629 e. The first kappa shape index (κ1) is 23.6. The van der Waals surface area contributed by atoms with Gasteiger partial charge < -0.3 is 9.13 Å². The largest absolute Gasteiger partial charge is 0.309 e. The Morgan fingerprint density at radius 1 is 0.300 bits per heavy atom. The van der Waals surface area contributed by atoms with E-state index in [1.165, 1.54) is 27.1 Å². The predicted molar refractivity (Wildman–Crippen MR) is 211 cm³/mol. The Labute approximate surface area is 297 Å². The molecule has 0 amide bonds. The lowest BCUT2D eigenvalue weighted by Gasteiger charge is -2.12. The Morgan fingerprint density at radius 3 is 1.50 bits per heavy atom. The lowest BCUT2D eigenvalue weighted by Crippen LogP contribution is -1.96. The van der Waals surface area contributed by atoms with E-state index in [4.69, 9.17) is 6.85 Å². The summed E-state index contributed by atoms with van der Waals surface area (Å²) in [5.74, 6) is 0. The second-order valence-electron chi connectivity index (χ2n) is 12.6. The van der Waals surface area contributed by atoms with Crippen molar-refractivity contribution in [2.75, 3.05) is 0 Å². The van der Waals surface area contributed by atoms with E-state index in [1.807, 2.05) is 24.3 Å². The van der Waals surface area contributed by atoms with Gasteiger partial charge in [0.2, 0.25) is 0 Å². The van der Waals surface area contributed by atoms with Crippen LogP contribution in [0.4, 0.5) is 0 Å². The molecule has 0 aliphatic carbocycles. The lowest BCUT2D eigenvalue weighted by atomic mass is 9.99. The molecule has 2 nitrogen and oxygen atoms in total. The lowest BCUT2D eigenvalue weighted by molar-refractivity contribution is 1.16. The van der Waals surface area contributed by atoms with Crippen molar-refractivity contribution in [3.63, 3.8) is 0 Å². The SMILES string of the molecule is [2H]c1c([2H])c([2H])c(-c2cccc(-c3ccc(-n4c5ccccc5c5cc6c7ccccc7n(-c7cccc(-c8ccccc8)c7)c6cc54)cc3)c2)c([2H])c1[2H]. The highest BCUT2D eigenvalue weighted by Crippen LogP contribution is 2.40. The minimum atomic E-state index is -0.394. The van der Waals surface area contributed by atoms with Crippen molar-refractivity contribution in [3.8, 4) is 44.8 Å². The molecule has 0 N–H and O–H groups in total. The highest BCUT2D eigenvalue weighted by atomic mass is 15.0. The first-order valence-electron chi connectivity index (χ1n) is 19.3. The fourth-order valence-corrected chi connectivity index (χ4v) is 7.49. The second kappa shape index (κ2) is 11.5. The minimum Gasteiger partial charge on any atom is -0.309 e. The first-order chi connectivity index (χ1) is 26.9. The summed E-state index contributed by atoms with van der Waals surface area (Å²) in [7, 11) is 0. The van der Waals surface area contributed by atoms with E-state index in [-0.39, 0.29) is 29.7 Å². The standard InChI is InChI=1S/C48H32N2/c1-3-13-33(14-4-1)36-17-11-18-37(29-36)35-25-27-39(28-26-35)49-45-23-9-7-21-41(45)43-31-44-42-22-8-10-24-46(42)50(48(44)32-47(43)49)40-20-12-19-38(30-40)34-15-5-2-6-16-34/h1-32H/i1D,3D,4D,13D,14D. The molecule has 0 spiro atoms. The summed E-state index contributed by atoms with van der Waals surface area (Å²) in [5, 5.41) is 4.76. The summed E-state index contributed by atoms with van der Waals surface area (Å²) < 4.78 is 46.1. The molecule has 8 aromatic carbocycles. The Balaban J connectivity index is 1.14. The van der Waals surface area contributed by atoms with Crippen LogP contribution < -0.4 is 0 Å². The number of hydrogen-bond acceptors (Lipinski definition) is 0. The summed E-state index contributed by atoms with van der Waals surface area (Å²) in [6, 6.07) is 55.6. The van der Waals surface area contributed by atoms with E-state index in [9.17, 15) is 0 Å². The van der Waals surface area contributed by atoms with Gasteiger partial charge >= 0.3 is 0 Å². The molecule has 0 atom stereocenters. The molecule has 234 valence electrons. The molecule has 0 fully saturated rings. The highest BCUT2D eigenvalue weighted by Gasteiger charge is 2.18. The van der Waals surface area contributed by atoms with Gasteiger partial charge in [-0.2, -0.15) is 0 Å². The molecule has 2 heterocycles. The van der Waals surface area contributed by atoms with Crippen LogP contribution >= 0.6 is 0 Å². The third kappa shape index (κ3) is 4.57. The number of nitrogens with zero attached hydrogens (tertiary/aromatic N) is 2. The van der Waals surface area contributed by atoms with Crippen molar-refractivity contribution in [1.29, 1.82) is 0 Å². The fraction of sp³-hybridized carbons (Fsp3) is 0. The van der Waals surface area contributed by atoms with E-state index in [0.29, 0.717) is 5.56 Å². The maximum absolute atomic E-state index is 8.50. The van der Waals surface area contributed by atoms with Crippen LogP contribution in [-0.2, 0) is 0 Å². The van der Waals surface area contributed by atoms with Gasteiger partial charge in [0, 0.05) is 32.9 Å². The van der Waals surface area contributed by atoms with Crippen LogP contribution in [0.5, 0.6) is 0 Å². The summed E-state index contributed by atoms with van der Waals surface area (Å²) in [5.41, 5.74) is 11.6. The molecule has 0 aliphatic heterocycles. The predicted octanol–water partition coefficient (Wildman–Crippen LogP) is 12.9. The van der Waals surface area contributed by atoms with Gasteiger partial charge in [0.05, 0.1) is 28.9 Å². The Kier molecular flexibility index (Phi) is 5.44. The second-order valence-corrected chi connectivity index (χ2v) is 12.6. The summed E-state index contributed by atoms with van der Waals surface area (Å²) >= 11 is 0. The van der Waals surface area contributed by atoms with Crippen LogP contribution in [0.2, 0.25) is 0 Å². The number of benzene rings is 8. The minimum absolute atomic E-state index is 0.199. The van der Waals surface area contributed by atoms with Crippen molar-refractivity contribution < 1.29 is 6.85 Å². The fourth-order valence-electron chi connectivity index (χ4n) is 7.49. The molecule has 50 heavy (non-hydrogen) atoms. The van der Waals surface area contributed by atoms with Crippen molar-refractivity contribution in [2.24, 2.45) is 0 Å². The normalized spacial score (nSPS) is 13.0. The third-order valence-corrected chi connectivity index (χ3v) is 9.79. The average molecular weight is 642 g/mol. The van der Waals surface area contributed by atoms with Gasteiger partial charge in [-0.05, 0) is 88.0 Å². The number of rotatable bonds is 5. The van der Waals surface area contributed by atoms with Crippen LogP contribution in [0.25, 0.3) is 88.4 Å². The summed E-state index contributed by atoms with van der Waals surface area (Å²) in [4.78, 5) is 0. The molecular formula is C48H32N2. The summed E-state index contributed by atoms with van der Waals surface area (Å²) in [6.45, 7) is 0. The van der Waals surface area contributed by atoms with Gasteiger partial charge in [-0.15, -0.1) is 0 Å². The van der Waals surface area contributed by atoms with Gasteiger partial charge in [0.1, 0.15) is 0 Å². The Hall–Kier alpha value is -6.64. The number of aromatic nitrogens is 2. The zero-order chi connectivity index (χ0) is 37.4. The van der Waals surface area contributed by atoms with Crippen LogP contribution in [0, 0.1) is 0 Å². The number of hydrogen-bond donors (Lipinski definition) is 0. The Morgan fingerprint density at radius 2 is 0.820 bits per heavy atom. The molecule has 10 aromatic rings. The molecule has 0 unspecified atom stereocenters. The van der Waals surface area contributed by atoms with Crippen LogP contribution in [0.1, 0.15) is 6.85 Å². The zero-order valence-corrected chi connectivity index (χ0v) is 27.0. The molecule has 2 aromatic heterocycles. The molecule has 0 saturated heterocycles. The molecule has 0 aliphatic rings. The first-order valence-corrected chi connectivity index (χ1v) is 16.8. The van der Waals surface area contributed by atoms with Gasteiger partial charge in [0.25, 0.3) is 0 Å². The van der Waals surface area contributed by atoms with Gasteiger partial charge in [-0.3, -0.25) is 0 Å². The molecular weight excluding hydrogens is 605 g/mol. The van der Waals surface area contributed by atoms with Gasteiger partial charge in [-0.25, -0.2) is 0 Å². The summed E-state index contributed by atoms with van der Waals surface area (Å²) in [6.07, 6.45) is 0. The van der Waals surface area contributed by atoms with Crippen molar-refractivity contribution in [1.82, 2.24) is 9.13 Å². The van der Waals surface area contributed by atoms with Crippen LogP contribution in [0.3, 0.4) is 0 Å². The van der Waals surface area contributed by atoms with E-state index in [2.05, 4.69) is 143 Å². The van der Waals surface area contributed by atoms with E-state index in [1.54, 1.807) is 6.07 Å². The average Bonchev–Trinajstić information content (AvgIpc) is 3.74. The van der Waals surface area contributed by atoms with Crippen molar-refractivity contribution in [2.45, 2.75) is 0 Å². The topological polar surface area (TPSA) is 9.86 Å². The van der Waals surface area contributed by atoms with Crippen molar-refractivity contribution in [3.05, 3.63) is 194 Å².